The van der Waals surface area contributed by atoms with Gasteiger partial charge in [0.25, 0.3) is 0 Å². The molecule has 5 nitrogen and oxygen atoms in total. The van der Waals surface area contributed by atoms with E-state index in [4.69, 9.17) is 0 Å². The van der Waals surface area contributed by atoms with Gasteiger partial charge in [-0.1, -0.05) is 0 Å². The summed E-state index contributed by atoms with van der Waals surface area (Å²) in [6.07, 6.45) is 6.81. The zero-order valence-electron chi connectivity index (χ0n) is 10.2. The Morgan fingerprint density at radius 1 is 1.28 bits per heavy atom. The molecule has 1 atom stereocenters. The lowest BCUT2D eigenvalue weighted by molar-refractivity contribution is 0.198. The number of aromatic nitrogens is 3. The van der Waals surface area contributed by atoms with E-state index in [1.165, 1.54) is 18.5 Å². The fourth-order valence-electron chi connectivity index (χ4n) is 2.68. The molecule has 2 aliphatic rings. The number of hydrogen-bond donors (Lipinski definition) is 1. The van der Waals surface area contributed by atoms with Gasteiger partial charge in [0.05, 0.1) is 11.8 Å². The summed E-state index contributed by atoms with van der Waals surface area (Å²) in [6.45, 7) is 1.55. The van der Waals surface area contributed by atoms with Gasteiger partial charge in [0.1, 0.15) is 5.52 Å². The van der Waals surface area contributed by atoms with Gasteiger partial charge in [-0.15, -0.1) is 0 Å². The van der Waals surface area contributed by atoms with Crippen LogP contribution in [0.15, 0.2) is 18.5 Å². The molecule has 1 saturated carbocycles. The summed E-state index contributed by atoms with van der Waals surface area (Å²) < 4.78 is 1.92. The third-order valence-electron chi connectivity index (χ3n) is 3.85. The van der Waals surface area contributed by atoms with Crippen LogP contribution < -0.4 is 4.90 Å². The fraction of sp³-hybridized carbons (Fsp3) is 0.538. The number of β-amino-alcohol motifs (C(OH)–C–C–N with tert-alkyl or cyclic N) is 1. The first-order valence-corrected chi connectivity index (χ1v) is 6.58. The van der Waals surface area contributed by atoms with Crippen molar-refractivity contribution in [2.75, 3.05) is 18.0 Å². The minimum atomic E-state index is -0.224. The minimum absolute atomic E-state index is 0.224. The molecule has 1 N–H and O–H groups in total. The molecule has 94 valence electrons. The van der Waals surface area contributed by atoms with E-state index in [1.54, 1.807) is 6.20 Å². The van der Waals surface area contributed by atoms with Gasteiger partial charge in [-0.25, -0.2) is 9.50 Å². The van der Waals surface area contributed by atoms with E-state index in [1.807, 2.05) is 10.7 Å². The van der Waals surface area contributed by atoms with E-state index >= 15 is 0 Å². The Hall–Kier alpha value is -1.62. The number of anilines is 1. The average molecular weight is 244 g/mol. The van der Waals surface area contributed by atoms with Gasteiger partial charge in [-0.3, -0.25) is 0 Å². The van der Waals surface area contributed by atoms with E-state index in [9.17, 15) is 5.11 Å². The smallest absolute Gasteiger partial charge is 0.154 e. The largest absolute Gasteiger partial charge is 0.391 e. The molecule has 1 aliphatic carbocycles. The van der Waals surface area contributed by atoms with Crippen molar-refractivity contribution in [1.82, 2.24) is 14.6 Å². The minimum Gasteiger partial charge on any atom is -0.391 e. The monoisotopic (exact) mass is 244 g/mol. The van der Waals surface area contributed by atoms with E-state index in [2.05, 4.69) is 21.0 Å². The van der Waals surface area contributed by atoms with Crippen molar-refractivity contribution in [1.29, 1.82) is 0 Å². The lowest BCUT2D eigenvalue weighted by atomic mass is 10.3. The van der Waals surface area contributed by atoms with Crippen LogP contribution >= 0.6 is 0 Å². The summed E-state index contributed by atoms with van der Waals surface area (Å²) in [5, 5.41) is 14.3. The van der Waals surface area contributed by atoms with Crippen LogP contribution in [0.3, 0.4) is 0 Å². The summed E-state index contributed by atoms with van der Waals surface area (Å²) in [4.78, 5) is 6.62. The van der Waals surface area contributed by atoms with Crippen LogP contribution in [0.25, 0.3) is 5.52 Å². The first-order chi connectivity index (χ1) is 8.81. The molecule has 1 aliphatic heterocycles. The van der Waals surface area contributed by atoms with E-state index in [-0.39, 0.29) is 6.10 Å². The summed E-state index contributed by atoms with van der Waals surface area (Å²) >= 11 is 0. The zero-order chi connectivity index (χ0) is 12.1. The summed E-state index contributed by atoms with van der Waals surface area (Å²) in [6, 6.07) is 2.16. The highest BCUT2D eigenvalue weighted by molar-refractivity contribution is 5.69. The SMILES string of the molecule is OC1CCN(c2nccn3nc(C4CC4)cc23)C1. The first kappa shape index (κ1) is 10.3. The van der Waals surface area contributed by atoms with Crippen molar-refractivity contribution in [2.24, 2.45) is 0 Å². The molecule has 4 rings (SSSR count). The van der Waals surface area contributed by atoms with Crippen LogP contribution in [0, 0.1) is 0 Å². The van der Waals surface area contributed by atoms with Gasteiger partial charge >= 0.3 is 0 Å². The summed E-state index contributed by atoms with van der Waals surface area (Å²) in [7, 11) is 0. The van der Waals surface area contributed by atoms with Crippen LogP contribution in [0.5, 0.6) is 0 Å². The Morgan fingerprint density at radius 2 is 2.17 bits per heavy atom. The van der Waals surface area contributed by atoms with Gasteiger partial charge in [0.2, 0.25) is 0 Å². The lowest BCUT2D eigenvalue weighted by Gasteiger charge is -2.16. The number of nitrogens with zero attached hydrogens (tertiary/aromatic N) is 4. The van der Waals surface area contributed by atoms with Crippen LogP contribution in [-0.4, -0.2) is 38.9 Å². The Balaban J connectivity index is 1.79. The quantitative estimate of drug-likeness (QED) is 0.862. The molecule has 0 radical (unpaired) electrons. The number of fused-ring (bicyclic) bond motifs is 1. The number of rotatable bonds is 2. The molecule has 0 spiro atoms. The predicted octanol–water partition coefficient (Wildman–Crippen LogP) is 1.18. The zero-order valence-corrected chi connectivity index (χ0v) is 10.2. The Kier molecular flexibility index (Phi) is 2.11. The molecular formula is C13H16N4O. The highest BCUT2D eigenvalue weighted by Crippen LogP contribution is 2.40. The van der Waals surface area contributed by atoms with E-state index in [0.29, 0.717) is 12.5 Å². The Bertz CT molecular complexity index is 590. The highest BCUT2D eigenvalue weighted by atomic mass is 16.3. The molecule has 18 heavy (non-hydrogen) atoms. The van der Waals surface area contributed by atoms with Crippen molar-refractivity contribution in [3.05, 3.63) is 24.2 Å². The third-order valence-corrected chi connectivity index (χ3v) is 3.85. The van der Waals surface area contributed by atoms with Crippen molar-refractivity contribution >= 4 is 11.3 Å². The number of aliphatic hydroxyl groups is 1. The van der Waals surface area contributed by atoms with Gasteiger partial charge in [-0.05, 0) is 25.3 Å². The maximum absolute atomic E-state index is 9.64. The third kappa shape index (κ3) is 1.58. The van der Waals surface area contributed by atoms with Crippen LogP contribution in [0.1, 0.15) is 30.9 Å². The Morgan fingerprint density at radius 3 is 2.89 bits per heavy atom. The van der Waals surface area contributed by atoms with Crippen molar-refractivity contribution in [3.8, 4) is 0 Å². The fourth-order valence-corrected chi connectivity index (χ4v) is 2.68. The van der Waals surface area contributed by atoms with Gasteiger partial charge in [0, 0.05) is 31.4 Å². The first-order valence-electron chi connectivity index (χ1n) is 6.58. The normalized spacial score (nSPS) is 24.1. The van der Waals surface area contributed by atoms with Gasteiger partial charge in [0.15, 0.2) is 5.82 Å². The molecule has 2 aromatic rings. The Labute approximate surface area is 105 Å². The van der Waals surface area contributed by atoms with Crippen molar-refractivity contribution < 1.29 is 5.11 Å². The summed E-state index contributed by atoms with van der Waals surface area (Å²) in [5.74, 6) is 1.61. The highest BCUT2D eigenvalue weighted by Gasteiger charge is 2.28. The van der Waals surface area contributed by atoms with Gasteiger partial charge in [-0.2, -0.15) is 5.10 Å². The molecule has 0 amide bonds. The number of hydrogen-bond acceptors (Lipinski definition) is 4. The van der Waals surface area contributed by atoms with E-state index < -0.39 is 0 Å². The van der Waals surface area contributed by atoms with E-state index in [0.717, 1.165) is 24.3 Å². The van der Waals surface area contributed by atoms with Crippen molar-refractivity contribution in [2.45, 2.75) is 31.3 Å². The molecule has 2 fully saturated rings. The average Bonchev–Trinajstić information content (AvgIpc) is 2.99. The number of aliphatic hydroxyl groups excluding tert-OH is 1. The summed E-state index contributed by atoms with van der Waals surface area (Å²) in [5.41, 5.74) is 2.25. The molecule has 1 unspecified atom stereocenters. The van der Waals surface area contributed by atoms with Crippen LogP contribution in [-0.2, 0) is 0 Å². The molecule has 1 saturated heterocycles. The lowest BCUT2D eigenvalue weighted by Crippen LogP contribution is -2.22. The molecule has 5 heteroatoms. The molecule has 2 aromatic heterocycles. The second kappa shape index (κ2) is 3.68. The second-order valence-corrected chi connectivity index (χ2v) is 5.31. The van der Waals surface area contributed by atoms with Crippen molar-refractivity contribution in [3.63, 3.8) is 0 Å². The molecule has 0 bridgehead atoms. The predicted molar refractivity (Wildman–Crippen MR) is 67.8 cm³/mol. The maximum atomic E-state index is 9.64. The topological polar surface area (TPSA) is 53.7 Å². The second-order valence-electron chi connectivity index (χ2n) is 5.31. The molecular weight excluding hydrogens is 228 g/mol. The molecule has 3 heterocycles. The van der Waals surface area contributed by atoms with Crippen LogP contribution in [0.2, 0.25) is 0 Å². The van der Waals surface area contributed by atoms with Crippen LogP contribution in [0.4, 0.5) is 5.82 Å². The maximum Gasteiger partial charge on any atom is 0.154 e. The van der Waals surface area contributed by atoms with Gasteiger partial charge < -0.3 is 10.0 Å². The standard InChI is InChI=1S/C13H16N4O/c18-10-3-5-16(8-10)13-12-7-11(9-1-2-9)15-17(12)6-4-14-13/h4,6-7,9-10,18H,1-3,5,8H2. The molecule has 0 aromatic carbocycles.